The molecule has 0 bridgehead atoms. The molecule has 0 amide bonds. The fourth-order valence-corrected chi connectivity index (χ4v) is 2.45. The quantitative estimate of drug-likeness (QED) is 0.790. The minimum atomic E-state index is 0.290. The fraction of sp³-hybridized carbons (Fsp3) is 0.667. The lowest BCUT2D eigenvalue weighted by atomic mass is 10.2. The average Bonchev–Trinajstić information content (AvgIpc) is 2.76. The molecule has 0 aromatic carbocycles. The number of hydrogen-bond acceptors (Lipinski definition) is 4. The van der Waals surface area contributed by atoms with Crippen LogP contribution in [0.2, 0.25) is 0 Å². The van der Waals surface area contributed by atoms with Crippen molar-refractivity contribution in [2.24, 2.45) is 0 Å². The maximum Gasteiger partial charge on any atom is 0.0794 e. The molecule has 1 saturated heterocycles. The number of nitrogens with zero attached hydrogens (tertiary/aromatic N) is 2. The predicted octanol–water partition coefficient (Wildman–Crippen LogP) is 1.10. The lowest BCUT2D eigenvalue weighted by Crippen LogP contribution is -2.31. The molecule has 3 nitrogen and oxygen atoms in total. The van der Waals surface area contributed by atoms with Gasteiger partial charge in [-0.15, -0.1) is 11.3 Å². The van der Waals surface area contributed by atoms with Crippen LogP contribution in [0.15, 0.2) is 11.7 Å². The Kier molecular flexibility index (Phi) is 2.93. The van der Waals surface area contributed by atoms with Gasteiger partial charge in [0.15, 0.2) is 0 Å². The topological polar surface area (TPSA) is 36.4 Å². The molecule has 1 aromatic rings. The van der Waals surface area contributed by atoms with Crippen molar-refractivity contribution in [1.29, 1.82) is 0 Å². The number of likely N-dealkylation sites (tertiary alicyclic amines) is 1. The number of hydrogen-bond donors (Lipinski definition) is 1. The van der Waals surface area contributed by atoms with E-state index in [9.17, 15) is 0 Å². The smallest absolute Gasteiger partial charge is 0.0794 e. The Labute approximate surface area is 82.0 Å². The maximum absolute atomic E-state index is 9.11. The molecule has 72 valence electrons. The molecule has 1 fully saturated rings. The van der Waals surface area contributed by atoms with Crippen LogP contribution >= 0.6 is 11.3 Å². The number of rotatable bonds is 3. The highest BCUT2D eigenvalue weighted by Crippen LogP contribution is 2.20. The number of aliphatic hydroxyl groups excluding tert-OH is 1. The summed E-state index contributed by atoms with van der Waals surface area (Å²) in [5.74, 6) is 0. The van der Waals surface area contributed by atoms with Gasteiger partial charge in [0.2, 0.25) is 0 Å². The number of aromatic nitrogens is 1. The summed E-state index contributed by atoms with van der Waals surface area (Å²) >= 11 is 1.69. The van der Waals surface area contributed by atoms with E-state index in [0.717, 1.165) is 19.5 Å². The Balaban J connectivity index is 1.94. The predicted molar refractivity (Wildman–Crippen MR) is 52.6 cm³/mol. The van der Waals surface area contributed by atoms with Crippen LogP contribution in [0.3, 0.4) is 0 Å². The van der Waals surface area contributed by atoms with Crippen LogP contribution in [0.1, 0.15) is 17.7 Å². The van der Waals surface area contributed by atoms with E-state index in [4.69, 9.17) is 5.11 Å². The highest BCUT2D eigenvalue weighted by molar-refractivity contribution is 7.09. The second-order valence-electron chi connectivity index (χ2n) is 3.42. The van der Waals surface area contributed by atoms with E-state index in [1.807, 2.05) is 11.7 Å². The Morgan fingerprint density at radius 2 is 2.62 bits per heavy atom. The van der Waals surface area contributed by atoms with Crippen LogP contribution in [0.4, 0.5) is 0 Å². The summed E-state index contributed by atoms with van der Waals surface area (Å²) in [6, 6.07) is 0.377. The monoisotopic (exact) mass is 198 g/mol. The van der Waals surface area contributed by atoms with Gasteiger partial charge in [-0.2, -0.15) is 0 Å². The van der Waals surface area contributed by atoms with Crippen LogP contribution < -0.4 is 0 Å². The summed E-state index contributed by atoms with van der Waals surface area (Å²) in [6.45, 7) is 2.36. The van der Waals surface area contributed by atoms with Gasteiger partial charge in [-0.3, -0.25) is 9.88 Å². The first-order valence-corrected chi connectivity index (χ1v) is 5.50. The van der Waals surface area contributed by atoms with Crippen molar-refractivity contribution in [2.45, 2.75) is 25.4 Å². The third-order valence-electron chi connectivity index (χ3n) is 2.55. The molecule has 4 heteroatoms. The summed E-state index contributed by atoms with van der Waals surface area (Å²) in [5.41, 5.74) is 1.86. The molecular weight excluding hydrogens is 184 g/mol. The van der Waals surface area contributed by atoms with Crippen LogP contribution in [-0.2, 0) is 6.54 Å². The third-order valence-corrected chi connectivity index (χ3v) is 3.32. The van der Waals surface area contributed by atoms with Gasteiger partial charge >= 0.3 is 0 Å². The summed E-state index contributed by atoms with van der Waals surface area (Å²) in [5, 5.41) is 9.11. The molecule has 1 aliphatic heterocycles. The fourth-order valence-electron chi connectivity index (χ4n) is 1.83. The van der Waals surface area contributed by atoms with E-state index in [2.05, 4.69) is 9.88 Å². The minimum Gasteiger partial charge on any atom is -0.395 e. The Morgan fingerprint density at radius 1 is 1.69 bits per heavy atom. The van der Waals surface area contributed by atoms with Gasteiger partial charge in [-0.25, -0.2) is 0 Å². The molecule has 1 N–H and O–H groups in total. The first-order valence-electron chi connectivity index (χ1n) is 4.62. The van der Waals surface area contributed by atoms with E-state index >= 15 is 0 Å². The van der Waals surface area contributed by atoms with Gasteiger partial charge in [0.05, 0.1) is 12.1 Å². The zero-order valence-electron chi connectivity index (χ0n) is 7.52. The SMILES string of the molecule is OC[C@H]1CCCN1Cc1cncs1. The summed E-state index contributed by atoms with van der Waals surface area (Å²) < 4.78 is 0. The number of aliphatic hydroxyl groups is 1. The van der Waals surface area contributed by atoms with Crippen LogP contribution in [0, 0.1) is 0 Å². The summed E-state index contributed by atoms with van der Waals surface area (Å²) in [7, 11) is 0. The lowest BCUT2D eigenvalue weighted by molar-refractivity contribution is 0.154. The highest BCUT2D eigenvalue weighted by Gasteiger charge is 2.23. The molecule has 1 aliphatic rings. The minimum absolute atomic E-state index is 0.290. The summed E-state index contributed by atoms with van der Waals surface area (Å²) in [6.07, 6.45) is 4.26. The van der Waals surface area contributed by atoms with E-state index in [1.54, 1.807) is 11.3 Å². The van der Waals surface area contributed by atoms with Crippen molar-refractivity contribution in [3.05, 3.63) is 16.6 Å². The van der Waals surface area contributed by atoms with Gasteiger partial charge in [-0.05, 0) is 19.4 Å². The van der Waals surface area contributed by atoms with Gasteiger partial charge in [0.25, 0.3) is 0 Å². The van der Waals surface area contributed by atoms with Crippen molar-refractivity contribution in [3.63, 3.8) is 0 Å². The molecule has 13 heavy (non-hydrogen) atoms. The molecule has 2 heterocycles. The number of thiazole rings is 1. The first-order chi connectivity index (χ1) is 6.40. The first kappa shape index (κ1) is 9.12. The second kappa shape index (κ2) is 4.17. The highest BCUT2D eigenvalue weighted by atomic mass is 32.1. The van der Waals surface area contributed by atoms with E-state index in [-0.39, 0.29) is 0 Å². The van der Waals surface area contributed by atoms with Gasteiger partial charge < -0.3 is 5.11 Å². The van der Waals surface area contributed by atoms with Crippen LogP contribution in [-0.4, -0.2) is 34.2 Å². The molecule has 1 aromatic heterocycles. The van der Waals surface area contributed by atoms with E-state index in [0.29, 0.717) is 12.6 Å². The van der Waals surface area contributed by atoms with Crippen LogP contribution in [0.25, 0.3) is 0 Å². The molecule has 0 aliphatic carbocycles. The maximum atomic E-state index is 9.11. The van der Waals surface area contributed by atoms with Gasteiger partial charge in [0.1, 0.15) is 0 Å². The average molecular weight is 198 g/mol. The molecule has 0 saturated carbocycles. The van der Waals surface area contributed by atoms with Crippen molar-refractivity contribution in [3.8, 4) is 0 Å². The van der Waals surface area contributed by atoms with Crippen molar-refractivity contribution < 1.29 is 5.11 Å². The zero-order chi connectivity index (χ0) is 9.10. The Hall–Kier alpha value is -0.450. The van der Waals surface area contributed by atoms with Gasteiger partial charge in [0, 0.05) is 23.7 Å². The zero-order valence-corrected chi connectivity index (χ0v) is 8.33. The van der Waals surface area contributed by atoms with Crippen molar-refractivity contribution >= 4 is 11.3 Å². The van der Waals surface area contributed by atoms with Crippen molar-refractivity contribution in [1.82, 2.24) is 9.88 Å². The Morgan fingerprint density at radius 3 is 3.31 bits per heavy atom. The molecule has 0 radical (unpaired) electrons. The second-order valence-corrected chi connectivity index (χ2v) is 4.39. The van der Waals surface area contributed by atoms with E-state index < -0.39 is 0 Å². The van der Waals surface area contributed by atoms with Crippen LogP contribution in [0.5, 0.6) is 0 Å². The molecular formula is C9H14N2OS. The standard InChI is InChI=1S/C9H14N2OS/c12-6-8-2-1-3-11(8)5-9-4-10-7-13-9/h4,7-8,12H,1-3,5-6H2/t8-/m1/s1. The Bertz CT molecular complexity index is 250. The molecule has 2 rings (SSSR count). The van der Waals surface area contributed by atoms with E-state index in [1.165, 1.54) is 11.3 Å². The van der Waals surface area contributed by atoms with Crippen molar-refractivity contribution in [2.75, 3.05) is 13.2 Å². The molecule has 1 atom stereocenters. The normalized spacial score (nSPS) is 23.9. The summed E-state index contributed by atoms with van der Waals surface area (Å²) in [4.78, 5) is 7.68. The third kappa shape index (κ3) is 2.07. The lowest BCUT2D eigenvalue weighted by Gasteiger charge is -2.21. The largest absolute Gasteiger partial charge is 0.395 e. The molecule has 0 unspecified atom stereocenters. The van der Waals surface area contributed by atoms with Gasteiger partial charge in [-0.1, -0.05) is 0 Å². The molecule has 0 spiro atoms.